The Morgan fingerprint density at radius 2 is 2.17 bits per heavy atom. The van der Waals surface area contributed by atoms with E-state index in [1.165, 1.54) is 0 Å². The topological polar surface area (TPSA) is 110 Å². The van der Waals surface area contributed by atoms with E-state index in [2.05, 4.69) is 10.1 Å². The summed E-state index contributed by atoms with van der Waals surface area (Å²) in [5.41, 5.74) is -0.285. The Balaban J connectivity index is 1.95. The lowest BCUT2D eigenvalue weighted by atomic mass is 10.3. The highest BCUT2D eigenvalue weighted by atomic mass is 32.2. The summed E-state index contributed by atoms with van der Waals surface area (Å²) in [6.45, 7) is -0.795. The second-order valence-electron chi connectivity index (χ2n) is 4.58. The normalized spacial score (nSPS) is 11.9. The zero-order valence-electron chi connectivity index (χ0n) is 11.4. The lowest BCUT2D eigenvalue weighted by Crippen LogP contribution is -2.13. The molecule has 2 aromatic heterocycles. The van der Waals surface area contributed by atoms with Crippen LogP contribution in [0.15, 0.2) is 38.6 Å². The molecule has 0 spiro atoms. The lowest BCUT2D eigenvalue weighted by Gasteiger charge is -2.07. The van der Waals surface area contributed by atoms with Crippen LogP contribution < -0.4 is 10.5 Å². The van der Waals surface area contributed by atoms with Gasteiger partial charge in [-0.1, -0.05) is 0 Å². The van der Waals surface area contributed by atoms with Crippen molar-refractivity contribution in [1.82, 2.24) is 14.8 Å². The Kier molecular flexibility index (Phi) is 3.64. The Hall–Kier alpha value is -2.69. The average molecular weight is 344 g/mol. The first kappa shape index (κ1) is 15.2. The molecule has 0 unspecified atom stereocenters. The molecule has 0 fully saturated rings. The van der Waals surface area contributed by atoms with Gasteiger partial charge in [-0.2, -0.15) is 5.10 Å². The fraction of sp³-hybridized carbons (Fsp3) is 0.167. The van der Waals surface area contributed by atoms with E-state index in [4.69, 9.17) is 4.42 Å². The van der Waals surface area contributed by atoms with Crippen LogP contribution in [0.25, 0.3) is 11.1 Å². The summed E-state index contributed by atoms with van der Waals surface area (Å²) in [5.74, 6) is -1.68. The maximum absolute atomic E-state index is 13.9. The summed E-state index contributed by atoms with van der Waals surface area (Å²) in [6, 6.07) is 1.98. The molecule has 0 bridgehead atoms. The largest absolute Gasteiger partial charge is 0.417 e. The van der Waals surface area contributed by atoms with Gasteiger partial charge in [-0.25, -0.2) is 22.0 Å². The fourth-order valence-electron chi connectivity index (χ4n) is 1.95. The van der Waals surface area contributed by atoms with Crippen LogP contribution in [-0.4, -0.2) is 29.9 Å². The van der Waals surface area contributed by atoms with Crippen LogP contribution in [0.2, 0.25) is 0 Å². The van der Waals surface area contributed by atoms with E-state index in [-0.39, 0.29) is 22.5 Å². The number of fused-ring (bicyclic) bond motifs is 1. The van der Waals surface area contributed by atoms with Gasteiger partial charge in [-0.15, -0.1) is 0 Å². The van der Waals surface area contributed by atoms with Gasteiger partial charge in [0, 0.05) is 18.3 Å². The first-order chi connectivity index (χ1) is 10.9. The number of hydrogen-bond acceptors (Lipinski definition) is 5. The van der Waals surface area contributed by atoms with Crippen LogP contribution in [0.4, 0.5) is 14.5 Å². The summed E-state index contributed by atoms with van der Waals surface area (Å²) < 4.78 is 58.4. The lowest BCUT2D eigenvalue weighted by molar-refractivity contribution is 0.427. The molecule has 2 N–H and O–H groups in total. The van der Waals surface area contributed by atoms with E-state index >= 15 is 0 Å². The van der Waals surface area contributed by atoms with Crippen LogP contribution in [-0.2, 0) is 16.6 Å². The van der Waals surface area contributed by atoms with E-state index in [1.807, 2.05) is 4.72 Å². The van der Waals surface area contributed by atoms with Gasteiger partial charge in [0.05, 0.1) is 23.9 Å². The van der Waals surface area contributed by atoms with Gasteiger partial charge in [-0.05, 0) is 0 Å². The minimum atomic E-state index is -4.12. The first-order valence-electron chi connectivity index (χ1n) is 6.32. The molecule has 0 amide bonds. The summed E-state index contributed by atoms with van der Waals surface area (Å²) in [4.78, 5) is 13.1. The SMILES string of the molecule is O=c1[nH]c2cc(F)c(NS(=O)(=O)c3cnn(CCF)c3)cc2o1. The molecule has 8 nitrogen and oxygen atoms in total. The van der Waals surface area contributed by atoms with E-state index in [9.17, 15) is 22.0 Å². The number of nitrogens with zero attached hydrogens (tertiary/aromatic N) is 2. The summed E-state index contributed by atoms with van der Waals surface area (Å²) in [6.07, 6.45) is 2.14. The molecule has 0 saturated carbocycles. The number of nitrogens with one attached hydrogen (secondary N) is 2. The highest BCUT2D eigenvalue weighted by Gasteiger charge is 2.19. The number of hydrogen-bond donors (Lipinski definition) is 2. The minimum Gasteiger partial charge on any atom is -0.408 e. The monoisotopic (exact) mass is 344 g/mol. The number of rotatable bonds is 5. The van der Waals surface area contributed by atoms with Gasteiger partial charge in [0.25, 0.3) is 10.0 Å². The van der Waals surface area contributed by atoms with Crippen molar-refractivity contribution in [2.45, 2.75) is 11.4 Å². The highest BCUT2D eigenvalue weighted by molar-refractivity contribution is 7.92. The fourth-order valence-corrected chi connectivity index (χ4v) is 2.96. The van der Waals surface area contributed by atoms with Gasteiger partial charge < -0.3 is 4.42 Å². The number of aromatic amines is 1. The Morgan fingerprint density at radius 3 is 2.91 bits per heavy atom. The molecule has 0 saturated heterocycles. The number of aromatic nitrogens is 3. The van der Waals surface area contributed by atoms with E-state index < -0.39 is 34.0 Å². The summed E-state index contributed by atoms with van der Waals surface area (Å²) >= 11 is 0. The summed E-state index contributed by atoms with van der Waals surface area (Å²) in [5, 5.41) is 3.69. The molecule has 122 valence electrons. The Bertz CT molecular complexity index is 1020. The molecule has 0 radical (unpaired) electrons. The molecule has 23 heavy (non-hydrogen) atoms. The van der Waals surface area contributed by atoms with Crippen molar-refractivity contribution in [3.8, 4) is 0 Å². The van der Waals surface area contributed by atoms with Crippen LogP contribution in [0.5, 0.6) is 0 Å². The van der Waals surface area contributed by atoms with Crippen molar-refractivity contribution in [1.29, 1.82) is 0 Å². The van der Waals surface area contributed by atoms with E-state index in [0.29, 0.717) is 0 Å². The van der Waals surface area contributed by atoms with Crippen LogP contribution in [0.3, 0.4) is 0 Å². The molecule has 0 atom stereocenters. The van der Waals surface area contributed by atoms with Crippen LogP contribution in [0.1, 0.15) is 0 Å². The van der Waals surface area contributed by atoms with Crippen molar-refractivity contribution in [3.63, 3.8) is 0 Å². The van der Waals surface area contributed by atoms with Crippen molar-refractivity contribution >= 4 is 26.8 Å². The molecule has 1 aromatic carbocycles. The minimum absolute atomic E-state index is 0.00206. The standard InChI is InChI=1S/C12H10F2N4O4S/c13-1-2-18-6-7(5-15-18)23(20,21)17-9-4-11-10(3-8(9)14)16-12(19)22-11/h3-6,17H,1-2H2,(H,16,19). The van der Waals surface area contributed by atoms with Gasteiger partial charge >= 0.3 is 5.76 Å². The van der Waals surface area contributed by atoms with E-state index in [1.54, 1.807) is 0 Å². The molecule has 3 aromatic rings. The maximum atomic E-state index is 13.9. The van der Waals surface area contributed by atoms with Crippen molar-refractivity contribution in [2.24, 2.45) is 0 Å². The zero-order chi connectivity index (χ0) is 16.6. The van der Waals surface area contributed by atoms with Gasteiger partial charge in [0.1, 0.15) is 17.4 Å². The van der Waals surface area contributed by atoms with Gasteiger partial charge in [-0.3, -0.25) is 14.4 Å². The molecule has 11 heteroatoms. The third-order valence-electron chi connectivity index (χ3n) is 2.99. The molecular weight excluding hydrogens is 334 g/mol. The predicted molar refractivity (Wildman–Crippen MR) is 75.8 cm³/mol. The second kappa shape index (κ2) is 5.50. The summed E-state index contributed by atoms with van der Waals surface area (Å²) in [7, 11) is -4.12. The molecule has 0 aliphatic heterocycles. The number of aryl methyl sites for hydroxylation is 1. The Labute approximate surface area is 127 Å². The average Bonchev–Trinajstić information content (AvgIpc) is 3.06. The number of alkyl halides is 1. The predicted octanol–water partition coefficient (Wildman–Crippen LogP) is 1.23. The smallest absolute Gasteiger partial charge is 0.408 e. The third-order valence-corrected chi connectivity index (χ3v) is 4.31. The molecule has 2 heterocycles. The number of anilines is 1. The van der Waals surface area contributed by atoms with Gasteiger partial charge in [0.2, 0.25) is 0 Å². The number of oxazole rings is 1. The van der Waals surface area contributed by atoms with E-state index in [0.717, 1.165) is 29.2 Å². The number of sulfonamides is 1. The second-order valence-corrected chi connectivity index (χ2v) is 6.26. The first-order valence-corrected chi connectivity index (χ1v) is 7.81. The Morgan fingerprint density at radius 1 is 1.39 bits per heavy atom. The number of halogens is 2. The van der Waals surface area contributed by atoms with Crippen molar-refractivity contribution < 1.29 is 21.6 Å². The molecule has 0 aliphatic rings. The van der Waals surface area contributed by atoms with Crippen molar-refractivity contribution in [2.75, 3.05) is 11.4 Å². The molecular formula is C12H10F2N4O4S. The quantitative estimate of drug-likeness (QED) is 0.723. The zero-order valence-corrected chi connectivity index (χ0v) is 12.2. The highest BCUT2D eigenvalue weighted by Crippen LogP contribution is 2.23. The maximum Gasteiger partial charge on any atom is 0.417 e. The number of benzene rings is 1. The molecule has 0 aliphatic carbocycles. The van der Waals surface area contributed by atoms with Crippen molar-refractivity contribution in [3.05, 3.63) is 40.9 Å². The number of H-pyrrole nitrogens is 1. The van der Waals surface area contributed by atoms with Gasteiger partial charge in [0.15, 0.2) is 5.58 Å². The van der Waals surface area contributed by atoms with Crippen LogP contribution in [0, 0.1) is 5.82 Å². The van der Waals surface area contributed by atoms with Crippen LogP contribution >= 0.6 is 0 Å². The molecule has 3 rings (SSSR count). The third kappa shape index (κ3) is 2.95.